The molecule has 2 nitrogen and oxygen atoms in total. The second-order valence-electron chi connectivity index (χ2n) is 3.53. The fourth-order valence-electron chi connectivity index (χ4n) is 1.56. The number of nitrogens with zero attached hydrogens (tertiary/aromatic N) is 1. The molecule has 1 rings (SSSR count). The van der Waals surface area contributed by atoms with Crippen molar-refractivity contribution in [1.29, 1.82) is 0 Å². The maximum atomic E-state index is 3.57. The van der Waals surface area contributed by atoms with Gasteiger partial charge in [0.05, 0.1) is 0 Å². The summed E-state index contributed by atoms with van der Waals surface area (Å²) in [7, 11) is 2.20. The smallest absolute Gasteiger partial charge is 0.00914 e. The highest BCUT2D eigenvalue weighted by Crippen LogP contribution is 2.07. The Kier molecular flexibility index (Phi) is 8.46. The SMILES string of the molecule is CC.CCCNC1CCN(C)CC1. The molecule has 1 fully saturated rings. The first kappa shape index (κ1) is 12.9. The highest BCUT2D eigenvalue weighted by atomic mass is 15.1. The third kappa shape index (κ3) is 6.05. The summed E-state index contributed by atoms with van der Waals surface area (Å²) in [5, 5.41) is 3.57. The molecule has 2 heteroatoms. The van der Waals surface area contributed by atoms with E-state index < -0.39 is 0 Å². The Balaban J connectivity index is 0.000000671. The first-order valence-electron chi connectivity index (χ1n) is 5.75. The normalized spacial score (nSPS) is 19.4. The van der Waals surface area contributed by atoms with Gasteiger partial charge >= 0.3 is 0 Å². The Morgan fingerprint density at radius 3 is 2.23 bits per heavy atom. The standard InChI is InChI=1S/C9H20N2.C2H6/c1-3-6-10-9-4-7-11(2)8-5-9;1-2/h9-10H,3-8H2,1-2H3;1-2H3. The number of hydrogen-bond donors (Lipinski definition) is 1. The monoisotopic (exact) mass is 186 g/mol. The van der Waals surface area contributed by atoms with Crippen molar-refractivity contribution in [2.45, 2.75) is 46.1 Å². The summed E-state index contributed by atoms with van der Waals surface area (Å²) < 4.78 is 0. The first-order chi connectivity index (χ1) is 6.33. The van der Waals surface area contributed by atoms with Crippen LogP contribution < -0.4 is 5.32 Å². The summed E-state index contributed by atoms with van der Waals surface area (Å²) >= 11 is 0. The topological polar surface area (TPSA) is 15.3 Å². The Bertz CT molecular complexity index is 93.5. The lowest BCUT2D eigenvalue weighted by Crippen LogP contribution is -2.40. The van der Waals surface area contributed by atoms with E-state index in [1.54, 1.807) is 0 Å². The van der Waals surface area contributed by atoms with Crippen molar-refractivity contribution in [3.63, 3.8) is 0 Å². The van der Waals surface area contributed by atoms with Crippen LogP contribution in [0.3, 0.4) is 0 Å². The minimum atomic E-state index is 0.797. The third-order valence-corrected chi connectivity index (χ3v) is 2.40. The van der Waals surface area contributed by atoms with Gasteiger partial charge in [-0.3, -0.25) is 0 Å². The molecule has 0 spiro atoms. The molecule has 0 aromatic rings. The summed E-state index contributed by atoms with van der Waals surface area (Å²) in [4.78, 5) is 2.41. The molecule has 0 aromatic carbocycles. The molecule has 0 aromatic heterocycles. The van der Waals surface area contributed by atoms with Crippen molar-refractivity contribution in [1.82, 2.24) is 10.2 Å². The van der Waals surface area contributed by atoms with Crippen LogP contribution in [0.4, 0.5) is 0 Å². The van der Waals surface area contributed by atoms with Gasteiger partial charge in [0.1, 0.15) is 0 Å². The Morgan fingerprint density at radius 1 is 1.23 bits per heavy atom. The van der Waals surface area contributed by atoms with Crippen molar-refractivity contribution in [2.75, 3.05) is 26.7 Å². The quantitative estimate of drug-likeness (QED) is 0.726. The summed E-state index contributed by atoms with van der Waals surface area (Å²) in [5.74, 6) is 0. The molecular formula is C11H26N2. The van der Waals surface area contributed by atoms with Gasteiger partial charge in [-0.2, -0.15) is 0 Å². The predicted octanol–water partition coefficient (Wildman–Crippen LogP) is 2.11. The summed E-state index contributed by atoms with van der Waals surface area (Å²) in [6.45, 7) is 9.94. The number of rotatable bonds is 3. The molecule has 0 aliphatic carbocycles. The van der Waals surface area contributed by atoms with Crippen LogP contribution in [0.2, 0.25) is 0 Å². The van der Waals surface area contributed by atoms with Crippen LogP contribution in [-0.4, -0.2) is 37.6 Å². The number of piperidine rings is 1. The molecule has 0 radical (unpaired) electrons. The number of nitrogens with one attached hydrogen (secondary N) is 1. The van der Waals surface area contributed by atoms with Gasteiger partial charge < -0.3 is 10.2 Å². The lowest BCUT2D eigenvalue weighted by Gasteiger charge is -2.29. The lowest BCUT2D eigenvalue weighted by molar-refractivity contribution is 0.235. The summed E-state index contributed by atoms with van der Waals surface area (Å²) in [6, 6.07) is 0.797. The van der Waals surface area contributed by atoms with Crippen LogP contribution in [0.15, 0.2) is 0 Å². The van der Waals surface area contributed by atoms with Crippen LogP contribution in [0.5, 0.6) is 0 Å². The minimum Gasteiger partial charge on any atom is -0.314 e. The van der Waals surface area contributed by atoms with E-state index >= 15 is 0 Å². The summed E-state index contributed by atoms with van der Waals surface area (Å²) in [5.41, 5.74) is 0. The molecule has 0 bridgehead atoms. The van der Waals surface area contributed by atoms with E-state index in [4.69, 9.17) is 0 Å². The van der Waals surface area contributed by atoms with Crippen molar-refractivity contribution in [3.05, 3.63) is 0 Å². The lowest BCUT2D eigenvalue weighted by atomic mass is 10.1. The van der Waals surface area contributed by atoms with E-state index in [0.29, 0.717) is 0 Å². The highest BCUT2D eigenvalue weighted by molar-refractivity contribution is 4.74. The van der Waals surface area contributed by atoms with E-state index in [-0.39, 0.29) is 0 Å². The zero-order chi connectivity index (χ0) is 10.1. The van der Waals surface area contributed by atoms with E-state index in [0.717, 1.165) is 6.04 Å². The van der Waals surface area contributed by atoms with Gasteiger partial charge in [0.2, 0.25) is 0 Å². The molecule has 1 aliphatic rings. The highest BCUT2D eigenvalue weighted by Gasteiger charge is 2.14. The largest absolute Gasteiger partial charge is 0.314 e. The van der Waals surface area contributed by atoms with Gasteiger partial charge in [0.25, 0.3) is 0 Å². The van der Waals surface area contributed by atoms with Crippen LogP contribution in [-0.2, 0) is 0 Å². The van der Waals surface area contributed by atoms with Crippen LogP contribution in [0.25, 0.3) is 0 Å². The maximum Gasteiger partial charge on any atom is 0.00914 e. The van der Waals surface area contributed by atoms with Crippen molar-refractivity contribution in [3.8, 4) is 0 Å². The molecule has 1 heterocycles. The average molecular weight is 186 g/mol. The maximum absolute atomic E-state index is 3.57. The number of hydrogen-bond acceptors (Lipinski definition) is 2. The molecule has 0 atom stereocenters. The van der Waals surface area contributed by atoms with E-state index in [1.165, 1.54) is 38.9 Å². The molecule has 1 aliphatic heterocycles. The second kappa shape index (κ2) is 8.52. The van der Waals surface area contributed by atoms with Gasteiger partial charge in [0.15, 0.2) is 0 Å². The van der Waals surface area contributed by atoms with Gasteiger partial charge in [-0.1, -0.05) is 20.8 Å². The zero-order valence-corrected chi connectivity index (χ0v) is 9.77. The Morgan fingerprint density at radius 2 is 1.77 bits per heavy atom. The number of likely N-dealkylation sites (tertiary alicyclic amines) is 1. The molecule has 13 heavy (non-hydrogen) atoms. The van der Waals surface area contributed by atoms with E-state index in [1.807, 2.05) is 13.8 Å². The second-order valence-corrected chi connectivity index (χ2v) is 3.53. The van der Waals surface area contributed by atoms with E-state index in [2.05, 4.69) is 24.2 Å². The van der Waals surface area contributed by atoms with Gasteiger partial charge in [-0.25, -0.2) is 0 Å². The van der Waals surface area contributed by atoms with Crippen molar-refractivity contribution >= 4 is 0 Å². The van der Waals surface area contributed by atoms with Crippen LogP contribution >= 0.6 is 0 Å². The van der Waals surface area contributed by atoms with Crippen molar-refractivity contribution < 1.29 is 0 Å². The Hall–Kier alpha value is -0.0800. The molecule has 80 valence electrons. The van der Waals surface area contributed by atoms with Crippen LogP contribution in [0, 0.1) is 0 Å². The molecular weight excluding hydrogens is 160 g/mol. The fourth-order valence-corrected chi connectivity index (χ4v) is 1.56. The Labute approximate surface area is 83.7 Å². The average Bonchev–Trinajstić information content (AvgIpc) is 2.20. The van der Waals surface area contributed by atoms with E-state index in [9.17, 15) is 0 Å². The van der Waals surface area contributed by atoms with Crippen LogP contribution in [0.1, 0.15) is 40.0 Å². The molecule has 0 unspecified atom stereocenters. The molecule has 1 saturated heterocycles. The predicted molar refractivity (Wildman–Crippen MR) is 60.2 cm³/mol. The van der Waals surface area contributed by atoms with Gasteiger partial charge in [-0.15, -0.1) is 0 Å². The third-order valence-electron chi connectivity index (χ3n) is 2.40. The van der Waals surface area contributed by atoms with Gasteiger partial charge in [-0.05, 0) is 45.9 Å². The van der Waals surface area contributed by atoms with Crippen molar-refractivity contribution in [2.24, 2.45) is 0 Å². The molecule has 1 N–H and O–H groups in total. The molecule has 0 saturated carbocycles. The minimum absolute atomic E-state index is 0.797. The summed E-state index contributed by atoms with van der Waals surface area (Å²) in [6.07, 6.45) is 3.92. The zero-order valence-electron chi connectivity index (χ0n) is 9.77. The fraction of sp³-hybridized carbons (Fsp3) is 1.00. The first-order valence-corrected chi connectivity index (χ1v) is 5.75. The van der Waals surface area contributed by atoms with Gasteiger partial charge in [0, 0.05) is 6.04 Å². The molecule has 0 amide bonds.